The maximum atomic E-state index is 5.70. The molecule has 0 fully saturated rings. The summed E-state index contributed by atoms with van der Waals surface area (Å²) in [6, 6.07) is 0.0860. The fraction of sp³-hybridized carbons (Fsp3) is 0.667. The smallest absolute Gasteiger partial charge is 0.0195 e. The Bertz CT molecular complexity index is 221. The first-order valence-electron chi connectivity index (χ1n) is 5.07. The minimum atomic E-state index is -0.0462. The highest BCUT2D eigenvalue weighted by molar-refractivity contribution is 5.15. The maximum Gasteiger partial charge on any atom is 0.0195 e. The minimum Gasteiger partial charge on any atom is -0.405 e. The monoisotopic (exact) mass is 196 g/mol. The number of hydrogen-bond donors (Lipinski definition) is 2. The molecule has 0 rings (SSSR count). The van der Waals surface area contributed by atoms with Crippen molar-refractivity contribution < 1.29 is 0 Å². The molecular formula is C12H24N2. The van der Waals surface area contributed by atoms with Gasteiger partial charge in [0.25, 0.3) is 0 Å². The Morgan fingerprint density at radius 3 is 1.86 bits per heavy atom. The Morgan fingerprint density at radius 1 is 1.07 bits per heavy atom. The van der Waals surface area contributed by atoms with Crippen molar-refractivity contribution in [3.63, 3.8) is 0 Å². The lowest BCUT2D eigenvalue weighted by atomic mass is 9.67. The van der Waals surface area contributed by atoms with Crippen molar-refractivity contribution in [3.8, 4) is 0 Å². The van der Waals surface area contributed by atoms with E-state index in [0.717, 1.165) is 0 Å². The summed E-state index contributed by atoms with van der Waals surface area (Å²) in [7, 11) is 0. The zero-order valence-corrected chi connectivity index (χ0v) is 10.0. The molecule has 0 aliphatic heterocycles. The lowest BCUT2D eigenvalue weighted by Crippen LogP contribution is -2.29. The van der Waals surface area contributed by atoms with Crippen molar-refractivity contribution in [1.29, 1.82) is 0 Å². The molecule has 0 amide bonds. The molecule has 0 bridgehead atoms. The zero-order valence-electron chi connectivity index (χ0n) is 10.0. The van der Waals surface area contributed by atoms with Crippen LogP contribution in [0.3, 0.4) is 0 Å². The van der Waals surface area contributed by atoms with E-state index in [0.29, 0.717) is 0 Å². The third-order valence-corrected chi connectivity index (χ3v) is 2.80. The number of hydrogen-bond acceptors (Lipinski definition) is 2. The van der Waals surface area contributed by atoms with Crippen molar-refractivity contribution in [2.75, 3.05) is 0 Å². The Hall–Kier alpha value is -0.760. The van der Waals surface area contributed by atoms with E-state index in [1.807, 2.05) is 19.1 Å². The van der Waals surface area contributed by atoms with Gasteiger partial charge in [-0.1, -0.05) is 45.9 Å². The standard InChI is InChI=1S/C12H24N2/c1-10(14)6-7-12(5,8-9-13)11(2,3)4/h6-10H,13-14H2,1-5H3/b7-6-,9-8-. The van der Waals surface area contributed by atoms with Gasteiger partial charge in [-0.25, -0.2) is 0 Å². The normalized spacial score (nSPS) is 20.1. The molecule has 0 saturated heterocycles. The van der Waals surface area contributed by atoms with Gasteiger partial charge in [-0.3, -0.25) is 0 Å². The lowest BCUT2D eigenvalue weighted by molar-refractivity contribution is 0.227. The Morgan fingerprint density at radius 2 is 1.57 bits per heavy atom. The molecule has 0 aliphatic carbocycles. The molecule has 82 valence electrons. The Kier molecular flexibility index (Phi) is 4.40. The van der Waals surface area contributed by atoms with Crippen molar-refractivity contribution >= 4 is 0 Å². The van der Waals surface area contributed by atoms with Crippen LogP contribution in [0.2, 0.25) is 0 Å². The van der Waals surface area contributed by atoms with Gasteiger partial charge in [-0.2, -0.15) is 0 Å². The first-order valence-corrected chi connectivity index (χ1v) is 5.07. The van der Waals surface area contributed by atoms with Crippen LogP contribution in [-0.4, -0.2) is 6.04 Å². The molecule has 0 spiro atoms. The average Bonchev–Trinajstić information content (AvgIpc) is 1.99. The third-order valence-electron chi connectivity index (χ3n) is 2.80. The van der Waals surface area contributed by atoms with Gasteiger partial charge < -0.3 is 11.5 Å². The zero-order chi connectivity index (χ0) is 11.4. The summed E-state index contributed by atoms with van der Waals surface area (Å²) in [5.74, 6) is 0. The van der Waals surface area contributed by atoms with Crippen LogP contribution in [-0.2, 0) is 0 Å². The van der Waals surface area contributed by atoms with Crippen LogP contribution in [0.5, 0.6) is 0 Å². The molecular weight excluding hydrogens is 172 g/mol. The van der Waals surface area contributed by atoms with Crippen molar-refractivity contribution in [2.24, 2.45) is 22.3 Å². The fourth-order valence-corrected chi connectivity index (χ4v) is 1.11. The van der Waals surface area contributed by atoms with E-state index in [2.05, 4.69) is 33.8 Å². The van der Waals surface area contributed by atoms with Crippen LogP contribution in [0.4, 0.5) is 0 Å². The second-order valence-corrected chi connectivity index (χ2v) is 5.11. The van der Waals surface area contributed by atoms with Crippen LogP contribution in [0.25, 0.3) is 0 Å². The highest BCUT2D eigenvalue weighted by Crippen LogP contribution is 2.40. The van der Waals surface area contributed by atoms with Gasteiger partial charge in [0.05, 0.1) is 0 Å². The third kappa shape index (κ3) is 3.54. The van der Waals surface area contributed by atoms with Gasteiger partial charge in [0.1, 0.15) is 0 Å². The van der Waals surface area contributed by atoms with Crippen LogP contribution in [0.15, 0.2) is 24.4 Å². The highest BCUT2D eigenvalue weighted by Gasteiger charge is 2.32. The van der Waals surface area contributed by atoms with Crippen LogP contribution in [0.1, 0.15) is 34.6 Å². The number of nitrogens with two attached hydrogens (primary N) is 2. The van der Waals surface area contributed by atoms with Gasteiger partial charge in [-0.05, 0) is 18.5 Å². The molecule has 2 unspecified atom stereocenters. The number of allylic oxidation sites excluding steroid dienone is 2. The summed E-state index contributed by atoms with van der Waals surface area (Å²) < 4.78 is 0. The predicted molar refractivity (Wildman–Crippen MR) is 63.7 cm³/mol. The Balaban J connectivity index is 4.92. The van der Waals surface area contributed by atoms with Crippen LogP contribution in [0, 0.1) is 10.8 Å². The quantitative estimate of drug-likeness (QED) is 0.681. The molecule has 0 radical (unpaired) electrons. The molecule has 2 heteroatoms. The van der Waals surface area contributed by atoms with Gasteiger partial charge in [0.15, 0.2) is 0 Å². The van der Waals surface area contributed by atoms with Crippen molar-refractivity contribution in [2.45, 2.75) is 40.7 Å². The molecule has 14 heavy (non-hydrogen) atoms. The van der Waals surface area contributed by atoms with E-state index in [1.54, 1.807) is 6.20 Å². The van der Waals surface area contributed by atoms with Gasteiger partial charge in [-0.15, -0.1) is 0 Å². The van der Waals surface area contributed by atoms with Gasteiger partial charge >= 0.3 is 0 Å². The lowest BCUT2D eigenvalue weighted by Gasteiger charge is -2.37. The van der Waals surface area contributed by atoms with E-state index in [1.165, 1.54) is 0 Å². The van der Waals surface area contributed by atoms with Crippen LogP contribution >= 0.6 is 0 Å². The topological polar surface area (TPSA) is 52.0 Å². The summed E-state index contributed by atoms with van der Waals surface area (Å²) >= 11 is 0. The summed E-state index contributed by atoms with van der Waals surface area (Å²) in [4.78, 5) is 0. The van der Waals surface area contributed by atoms with Crippen molar-refractivity contribution in [3.05, 3.63) is 24.4 Å². The fourth-order valence-electron chi connectivity index (χ4n) is 1.11. The van der Waals surface area contributed by atoms with Crippen LogP contribution < -0.4 is 11.5 Å². The summed E-state index contributed by atoms with van der Waals surface area (Å²) in [6.45, 7) is 10.7. The summed E-state index contributed by atoms with van der Waals surface area (Å²) in [6.07, 6.45) is 7.79. The predicted octanol–water partition coefficient (Wildman–Crippen LogP) is 2.41. The van der Waals surface area contributed by atoms with E-state index >= 15 is 0 Å². The molecule has 2 atom stereocenters. The first kappa shape index (κ1) is 13.2. The minimum absolute atomic E-state index is 0.0462. The number of rotatable bonds is 3. The second-order valence-electron chi connectivity index (χ2n) is 5.11. The second kappa shape index (κ2) is 4.65. The average molecular weight is 196 g/mol. The van der Waals surface area contributed by atoms with Crippen molar-refractivity contribution in [1.82, 2.24) is 0 Å². The largest absolute Gasteiger partial charge is 0.405 e. The molecule has 0 aromatic heterocycles. The molecule has 0 aromatic rings. The molecule has 0 saturated carbocycles. The van der Waals surface area contributed by atoms with E-state index < -0.39 is 0 Å². The first-order chi connectivity index (χ1) is 6.23. The van der Waals surface area contributed by atoms with Gasteiger partial charge in [0.2, 0.25) is 0 Å². The molecule has 0 aliphatic rings. The van der Waals surface area contributed by atoms with E-state index in [4.69, 9.17) is 11.5 Å². The molecule has 4 N–H and O–H groups in total. The summed E-state index contributed by atoms with van der Waals surface area (Å²) in [5.41, 5.74) is 11.3. The van der Waals surface area contributed by atoms with E-state index in [-0.39, 0.29) is 16.9 Å². The molecule has 0 heterocycles. The van der Waals surface area contributed by atoms with Gasteiger partial charge in [0, 0.05) is 11.5 Å². The SMILES string of the molecule is CC(N)/C=C\C(C)(/C=C\N)C(C)(C)C. The molecule has 2 nitrogen and oxygen atoms in total. The molecule has 0 aromatic carbocycles. The Labute approximate surface area is 88.1 Å². The van der Waals surface area contributed by atoms with E-state index in [9.17, 15) is 0 Å². The highest BCUT2D eigenvalue weighted by atomic mass is 14.6. The summed E-state index contributed by atoms with van der Waals surface area (Å²) in [5, 5.41) is 0. The maximum absolute atomic E-state index is 5.70.